The molecule has 1 amide bonds. The van der Waals surface area contributed by atoms with Crippen LogP contribution >= 0.6 is 11.6 Å². The Hall–Kier alpha value is -1.20. The van der Waals surface area contributed by atoms with Crippen LogP contribution in [-0.4, -0.2) is 21.9 Å². The molecule has 0 bridgehead atoms. The van der Waals surface area contributed by atoms with Crippen molar-refractivity contribution in [1.82, 2.24) is 9.97 Å². The average molecular weight is 243 g/mol. The van der Waals surface area contributed by atoms with E-state index in [-0.39, 0.29) is 11.2 Å². The molecule has 0 fully saturated rings. The number of hydrogen-bond acceptors (Lipinski definition) is 4. The van der Waals surface area contributed by atoms with E-state index in [0.717, 1.165) is 12.8 Å². The molecule has 6 heteroatoms. The van der Waals surface area contributed by atoms with Gasteiger partial charge in [-0.2, -0.15) is 0 Å². The van der Waals surface area contributed by atoms with Crippen LogP contribution in [0.2, 0.25) is 5.28 Å². The van der Waals surface area contributed by atoms with E-state index in [1.165, 1.54) is 6.20 Å². The molecule has 0 saturated carbocycles. The number of amides is 1. The number of halogens is 1. The molecule has 88 valence electrons. The minimum atomic E-state index is -0.506. The van der Waals surface area contributed by atoms with Gasteiger partial charge < -0.3 is 11.1 Å². The second-order valence-electron chi connectivity index (χ2n) is 3.45. The maximum Gasteiger partial charge on any atom is 0.242 e. The van der Waals surface area contributed by atoms with E-state index >= 15 is 0 Å². The molecule has 1 heterocycles. The standard InChI is InChI=1S/C10H15ClN4O/c1-2-3-4-7(12)9(16)14-8-5-6-13-10(11)15-8/h5-7H,2-4,12H2,1H3,(H,13,14,15,16)/t7-/m0/s1. The molecule has 0 aliphatic heterocycles. The number of aromatic nitrogens is 2. The number of nitrogens with one attached hydrogen (secondary N) is 1. The molecular formula is C10H15ClN4O. The van der Waals surface area contributed by atoms with Crippen LogP contribution in [0.1, 0.15) is 26.2 Å². The molecule has 1 atom stereocenters. The van der Waals surface area contributed by atoms with E-state index in [2.05, 4.69) is 22.2 Å². The Balaban J connectivity index is 2.50. The Labute approximate surface area is 99.4 Å². The Bertz CT molecular complexity index is 358. The van der Waals surface area contributed by atoms with Gasteiger partial charge in [-0.25, -0.2) is 9.97 Å². The van der Waals surface area contributed by atoms with Gasteiger partial charge in [0.05, 0.1) is 6.04 Å². The molecule has 1 aromatic heterocycles. The lowest BCUT2D eigenvalue weighted by Gasteiger charge is -2.10. The van der Waals surface area contributed by atoms with Crippen molar-refractivity contribution >= 4 is 23.3 Å². The van der Waals surface area contributed by atoms with Crippen LogP contribution in [0.4, 0.5) is 5.82 Å². The summed E-state index contributed by atoms with van der Waals surface area (Å²) in [6, 6.07) is 1.06. The van der Waals surface area contributed by atoms with Crippen molar-refractivity contribution in [2.75, 3.05) is 5.32 Å². The fraction of sp³-hybridized carbons (Fsp3) is 0.500. The average Bonchev–Trinajstić information content (AvgIpc) is 2.25. The topological polar surface area (TPSA) is 80.9 Å². The number of hydrogen-bond donors (Lipinski definition) is 2. The summed E-state index contributed by atoms with van der Waals surface area (Å²) in [7, 11) is 0. The summed E-state index contributed by atoms with van der Waals surface area (Å²) in [6.07, 6.45) is 4.09. The highest BCUT2D eigenvalue weighted by Crippen LogP contribution is 2.07. The monoisotopic (exact) mass is 242 g/mol. The van der Waals surface area contributed by atoms with Gasteiger partial charge in [-0.3, -0.25) is 4.79 Å². The van der Waals surface area contributed by atoms with E-state index in [0.29, 0.717) is 12.2 Å². The summed E-state index contributed by atoms with van der Waals surface area (Å²) >= 11 is 5.59. The molecule has 0 aromatic carbocycles. The molecule has 1 rings (SSSR count). The van der Waals surface area contributed by atoms with Crippen LogP contribution in [0.25, 0.3) is 0 Å². The number of carbonyl (C=O) groups is 1. The van der Waals surface area contributed by atoms with E-state index in [4.69, 9.17) is 17.3 Å². The molecule has 1 aromatic rings. The molecule has 0 spiro atoms. The zero-order valence-corrected chi connectivity index (χ0v) is 9.87. The van der Waals surface area contributed by atoms with Crippen molar-refractivity contribution in [2.45, 2.75) is 32.2 Å². The summed E-state index contributed by atoms with van der Waals surface area (Å²) in [5.74, 6) is 0.125. The van der Waals surface area contributed by atoms with Crippen molar-refractivity contribution in [2.24, 2.45) is 5.73 Å². The van der Waals surface area contributed by atoms with Gasteiger partial charge in [-0.05, 0) is 24.1 Å². The molecule has 0 aliphatic rings. The number of nitrogens with two attached hydrogens (primary N) is 1. The first-order valence-corrected chi connectivity index (χ1v) is 5.56. The zero-order valence-electron chi connectivity index (χ0n) is 9.11. The third-order valence-corrected chi connectivity index (χ3v) is 2.27. The van der Waals surface area contributed by atoms with Gasteiger partial charge >= 0.3 is 0 Å². The fourth-order valence-corrected chi connectivity index (χ4v) is 1.33. The molecule has 0 radical (unpaired) electrons. The summed E-state index contributed by atoms with van der Waals surface area (Å²) in [6.45, 7) is 2.05. The van der Waals surface area contributed by atoms with E-state index in [9.17, 15) is 4.79 Å². The van der Waals surface area contributed by atoms with Crippen LogP contribution in [0.5, 0.6) is 0 Å². The first kappa shape index (κ1) is 12.9. The zero-order chi connectivity index (χ0) is 12.0. The van der Waals surface area contributed by atoms with Crippen molar-refractivity contribution in [3.63, 3.8) is 0 Å². The Kier molecular flexibility index (Phi) is 5.14. The molecular weight excluding hydrogens is 228 g/mol. The SMILES string of the molecule is CCCC[C@H](N)C(=O)Nc1ccnc(Cl)n1. The number of rotatable bonds is 5. The number of unbranched alkanes of at least 4 members (excludes halogenated alkanes) is 1. The van der Waals surface area contributed by atoms with Gasteiger partial charge in [0, 0.05) is 6.20 Å². The third kappa shape index (κ3) is 4.12. The van der Waals surface area contributed by atoms with Crippen molar-refractivity contribution < 1.29 is 4.79 Å². The van der Waals surface area contributed by atoms with Gasteiger partial charge in [-0.1, -0.05) is 19.8 Å². The summed E-state index contributed by atoms with van der Waals surface area (Å²) in [5.41, 5.74) is 5.70. The molecule has 3 N–H and O–H groups in total. The van der Waals surface area contributed by atoms with Gasteiger partial charge in [0.2, 0.25) is 11.2 Å². The number of nitrogens with zero attached hydrogens (tertiary/aromatic N) is 2. The Morgan fingerprint density at radius 2 is 2.44 bits per heavy atom. The van der Waals surface area contributed by atoms with Crippen LogP contribution in [0, 0.1) is 0 Å². The van der Waals surface area contributed by atoms with Crippen molar-refractivity contribution in [1.29, 1.82) is 0 Å². The normalized spacial score (nSPS) is 12.2. The maximum atomic E-state index is 11.6. The quantitative estimate of drug-likeness (QED) is 0.769. The summed E-state index contributed by atoms with van der Waals surface area (Å²) in [4.78, 5) is 19.1. The first-order valence-electron chi connectivity index (χ1n) is 5.18. The lowest BCUT2D eigenvalue weighted by atomic mass is 10.1. The first-order chi connectivity index (χ1) is 7.63. The van der Waals surface area contributed by atoms with Crippen molar-refractivity contribution in [3.8, 4) is 0 Å². The second kappa shape index (κ2) is 6.40. The lowest BCUT2D eigenvalue weighted by Crippen LogP contribution is -2.35. The largest absolute Gasteiger partial charge is 0.320 e. The summed E-state index contributed by atoms with van der Waals surface area (Å²) < 4.78 is 0. The predicted octanol–water partition coefficient (Wildman–Crippen LogP) is 1.59. The Morgan fingerprint density at radius 1 is 1.69 bits per heavy atom. The van der Waals surface area contributed by atoms with Gasteiger partial charge in [0.25, 0.3) is 0 Å². The molecule has 5 nitrogen and oxygen atoms in total. The van der Waals surface area contributed by atoms with Crippen LogP contribution in [-0.2, 0) is 4.79 Å². The fourth-order valence-electron chi connectivity index (χ4n) is 1.18. The minimum absolute atomic E-state index is 0.0972. The van der Waals surface area contributed by atoms with Gasteiger partial charge in [-0.15, -0.1) is 0 Å². The van der Waals surface area contributed by atoms with E-state index in [1.807, 2.05) is 0 Å². The van der Waals surface area contributed by atoms with Crippen molar-refractivity contribution in [3.05, 3.63) is 17.5 Å². The number of anilines is 1. The lowest BCUT2D eigenvalue weighted by molar-refractivity contribution is -0.117. The van der Waals surface area contributed by atoms with E-state index in [1.54, 1.807) is 6.07 Å². The highest BCUT2D eigenvalue weighted by Gasteiger charge is 2.13. The third-order valence-electron chi connectivity index (χ3n) is 2.08. The smallest absolute Gasteiger partial charge is 0.242 e. The molecule has 0 unspecified atom stereocenters. The maximum absolute atomic E-state index is 11.6. The number of carbonyl (C=O) groups excluding carboxylic acids is 1. The highest BCUT2D eigenvalue weighted by molar-refractivity contribution is 6.28. The van der Waals surface area contributed by atoms with Crippen LogP contribution in [0.3, 0.4) is 0 Å². The second-order valence-corrected chi connectivity index (χ2v) is 3.79. The van der Waals surface area contributed by atoms with Gasteiger partial charge in [0.1, 0.15) is 5.82 Å². The Morgan fingerprint density at radius 3 is 3.06 bits per heavy atom. The van der Waals surface area contributed by atoms with Crippen LogP contribution < -0.4 is 11.1 Å². The minimum Gasteiger partial charge on any atom is -0.320 e. The highest BCUT2D eigenvalue weighted by atomic mass is 35.5. The van der Waals surface area contributed by atoms with Crippen LogP contribution in [0.15, 0.2) is 12.3 Å². The van der Waals surface area contributed by atoms with E-state index < -0.39 is 6.04 Å². The molecule has 0 aliphatic carbocycles. The molecule has 16 heavy (non-hydrogen) atoms. The summed E-state index contributed by atoms with van der Waals surface area (Å²) in [5, 5.41) is 2.69. The van der Waals surface area contributed by atoms with Gasteiger partial charge in [0.15, 0.2) is 0 Å². The predicted molar refractivity (Wildman–Crippen MR) is 63.2 cm³/mol. The molecule has 0 saturated heterocycles.